The Morgan fingerprint density at radius 3 is 2.29 bits per heavy atom. The maximum absolute atomic E-state index is 11.8. The topological polar surface area (TPSA) is 46.6 Å². The summed E-state index contributed by atoms with van der Waals surface area (Å²) in [6, 6.07) is 0. The van der Waals surface area contributed by atoms with E-state index in [1.807, 2.05) is 20.8 Å². The van der Waals surface area contributed by atoms with Crippen molar-refractivity contribution in [1.29, 1.82) is 0 Å². The van der Waals surface area contributed by atoms with Gasteiger partial charge in [-0.1, -0.05) is 0 Å². The predicted molar refractivity (Wildman–Crippen MR) is 66.3 cm³/mol. The molecule has 0 radical (unpaired) electrons. The summed E-state index contributed by atoms with van der Waals surface area (Å²) >= 11 is 5.81. The van der Waals surface area contributed by atoms with Gasteiger partial charge in [-0.3, -0.25) is 0 Å². The van der Waals surface area contributed by atoms with E-state index in [0.29, 0.717) is 31.8 Å². The van der Waals surface area contributed by atoms with Crippen LogP contribution in [0.1, 0.15) is 33.6 Å². The highest BCUT2D eigenvalue weighted by molar-refractivity contribution is 6.19. The summed E-state index contributed by atoms with van der Waals surface area (Å²) in [5.41, 5.74) is -0.942. The monoisotopic (exact) mass is 261 g/mol. The van der Waals surface area contributed by atoms with Gasteiger partial charge in [-0.2, -0.15) is 0 Å². The van der Waals surface area contributed by atoms with Crippen molar-refractivity contribution >= 4 is 24.0 Å². The van der Waals surface area contributed by atoms with Crippen molar-refractivity contribution < 1.29 is 14.3 Å². The van der Waals surface area contributed by atoms with Gasteiger partial charge in [-0.15, -0.1) is 11.6 Å². The van der Waals surface area contributed by atoms with Gasteiger partial charge in [0.05, 0.1) is 0 Å². The molecule has 0 aromatic rings. The lowest BCUT2D eigenvalue weighted by Gasteiger charge is -2.37. The van der Waals surface area contributed by atoms with Crippen molar-refractivity contribution in [2.75, 3.05) is 19.0 Å². The van der Waals surface area contributed by atoms with E-state index < -0.39 is 11.0 Å². The molecule has 0 aromatic carbocycles. The molecule has 0 spiro atoms. The summed E-state index contributed by atoms with van der Waals surface area (Å²) in [6.07, 6.45) is 1.83. The Morgan fingerprint density at radius 2 is 1.94 bits per heavy atom. The number of aldehydes is 1. The Hall–Kier alpha value is -0.770. The summed E-state index contributed by atoms with van der Waals surface area (Å²) in [7, 11) is 0. The van der Waals surface area contributed by atoms with Crippen LogP contribution in [0.25, 0.3) is 0 Å². The van der Waals surface area contributed by atoms with Crippen LogP contribution in [-0.2, 0) is 9.53 Å². The predicted octanol–water partition coefficient (Wildman–Crippen LogP) is 2.44. The van der Waals surface area contributed by atoms with Crippen LogP contribution in [0.15, 0.2) is 0 Å². The summed E-state index contributed by atoms with van der Waals surface area (Å²) in [5, 5.41) is 0. The number of hydrogen-bond acceptors (Lipinski definition) is 3. The number of hydrogen-bond donors (Lipinski definition) is 0. The molecule has 0 bridgehead atoms. The van der Waals surface area contributed by atoms with E-state index >= 15 is 0 Å². The van der Waals surface area contributed by atoms with E-state index in [4.69, 9.17) is 16.3 Å². The lowest BCUT2D eigenvalue weighted by Crippen LogP contribution is -2.46. The maximum atomic E-state index is 11.8. The second-order valence-corrected chi connectivity index (χ2v) is 5.85. The molecular formula is C12H20ClNO3. The highest BCUT2D eigenvalue weighted by atomic mass is 35.5. The van der Waals surface area contributed by atoms with Crippen molar-refractivity contribution in [3.8, 4) is 0 Å². The van der Waals surface area contributed by atoms with Gasteiger partial charge in [0.2, 0.25) is 0 Å². The third-order valence-electron chi connectivity index (χ3n) is 2.93. The highest BCUT2D eigenvalue weighted by Gasteiger charge is 2.36. The van der Waals surface area contributed by atoms with Crippen LogP contribution in [0.5, 0.6) is 0 Å². The summed E-state index contributed by atoms with van der Waals surface area (Å²) in [4.78, 5) is 24.4. The number of halogens is 1. The SMILES string of the molecule is CC(C)(C)OC(=O)N1CCC(C=O)(CCl)CC1. The molecule has 98 valence electrons. The second kappa shape index (κ2) is 5.25. The number of likely N-dealkylation sites (tertiary alicyclic amines) is 1. The normalized spacial score (nSPS) is 19.9. The fraction of sp³-hybridized carbons (Fsp3) is 0.833. The van der Waals surface area contributed by atoms with Gasteiger partial charge in [-0.25, -0.2) is 4.79 Å². The molecule has 1 aliphatic rings. The van der Waals surface area contributed by atoms with Crippen molar-refractivity contribution in [2.24, 2.45) is 5.41 Å². The smallest absolute Gasteiger partial charge is 0.410 e. The van der Waals surface area contributed by atoms with Crippen LogP contribution in [0, 0.1) is 5.41 Å². The van der Waals surface area contributed by atoms with Crippen molar-refractivity contribution in [3.63, 3.8) is 0 Å². The Morgan fingerprint density at radius 1 is 1.41 bits per heavy atom. The number of rotatable bonds is 2. The number of alkyl halides is 1. The lowest BCUT2D eigenvalue weighted by atomic mass is 9.82. The van der Waals surface area contributed by atoms with E-state index in [9.17, 15) is 9.59 Å². The molecule has 1 rings (SSSR count). The number of ether oxygens (including phenoxy) is 1. The molecule has 1 saturated heterocycles. The zero-order valence-corrected chi connectivity index (χ0v) is 11.4. The van der Waals surface area contributed by atoms with E-state index in [2.05, 4.69) is 0 Å². The van der Waals surface area contributed by atoms with Crippen LogP contribution < -0.4 is 0 Å². The fourth-order valence-electron chi connectivity index (χ4n) is 1.74. The molecule has 0 atom stereocenters. The first-order chi connectivity index (χ1) is 7.82. The maximum Gasteiger partial charge on any atom is 0.410 e. The molecule has 17 heavy (non-hydrogen) atoms. The Bertz CT molecular complexity index is 291. The summed E-state index contributed by atoms with van der Waals surface area (Å²) < 4.78 is 5.28. The number of amides is 1. The molecule has 1 fully saturated rings. The minimum Gasteiger partial charge on any atom is -0.444 e. The van der Waals surface area contributed by atoms with Gasteiger partial charge < -0.3 is 14.4 Å². The average Bonchev–Trinajstić information content (AvgIpc) is 2.27. The molecule has 0 saturated carbocycles. The first-order valence-corrected chi connectivity index (χ1v) is 6.36. The molecule has 1 heterocycles. The van der Waals surface area contributed by atoms with Crippen LogP contribution in [0.4, 0.5) is 4.79 Å². The number of carbonyl (C=O) groups is 2. The third-order valence-corrected chi connectivity index (χ3v) is 3.46. The summed E-state index contributed by atoms with van der Waals surface area (Å²) in [5.74, 6) is 0.318. The molecule has 0 aliphatic carbocycles. The number of nitrogens with zero attached hydrogens (tertiary/aromatic N) is 1. The number of carbonyl (C=O) groups excluding carboxylic acids is 2. The van der Waals surface area contributed by atoms with E-state index in [1.54, 1.807) is 4.90 Å². The van der Waals surface area contributed by atoms with Gasteiger partial charge in [0.1, 0.15) is 11.9 Å². The molecule has 0 unspecified atom stereocenters. The van der Waals surface area contributed by atoms with Gasteiger partial charge in [-0.05, 0) is 33.6 Å². The number of piperidine rings is 1. The summed E-state index contributed by atoms with van der Waals surface area (Å²) in [6.45, 7) is 6.57. The molecule has 5 heteroatoms. The van der Waals surface area contributed by atoms with Crippen molar-refractivity contribution in [1.82, 2.24) is 4.90 Å². The zero-order chi connectivity index (χ0) is 13.1. The third kappa shape index (κ3) is 3.87. The van der Waals surface area contributed by atoms with Crippen molar-refractivity contribution in [2.45, 2.75) is 39.2 Å². The lowest BCUT2D eigenvalue weighted by molar-refractivity contribution is -0.117. The fourth-order valence-corrected chi connectivity index (χ4v) is 2.07. The Kier molecular flexibility index (Phi) is 4.42. The largest absolute Gasteiger partial charge is 0.444 e. The Balaban J connectivity index is 2.52. The van der Waals surface area contributed by atoms with Gasteiger partial charge in [0.15, 0.2) is 0 Å². The Labute approximate surface area is 107 Å². The van der Waals surface area contributed by atoms with Crippen molar-refractivity contribution in [3.05, 3.63) is 0 Å². The second-order valence-electron chi connectivity index (χ2n) is 5.58. The van der Waals surface area contributed by atoms with Crippen LogP contribution in [0.2, 0.25) is 0 Å². The highest BCUT2D eigenvalue weighted by Crippen LogP contribution is 2.31. The van der Waals surface area contributed by atoms with Crippen LogP contribution in [-0.4, -0.2) is 41.8 Å². The van der Waals surface area contributed by atoms with Gasteiger partial charge in [0.25, 0.3) is 0 Å². The first kappa shape index (κ1) is 14.3. The minimum atomic E-state index is -0.483. The minimum absolute atomic E-state index is 0.313. The molecule has 0 N–H and O–H groups in total. The first-order valence-electron chi connectivity index (χ1n) is 5.82. The average molecular weight is 262 g/mol. The van der Waals surface area contributed by atoms with E-state index in [-0.39, 0.29) is 6.09 Å². The molecule has 0 aromatic heterocycles. The molecule has 1 aliphatic heterocycles. The van der Waals surface area contributed by atoms with Gasteiger partial charge in [0, 0.05) is 24.4 Å². The zero-order valence-electron chi connectivity index (χ0n) is 10.7. The van der Waals surface area contributed by atoms with Crippen LogP contribution >= 0.6 is 11.6 Å². The van der Waals surface area contributed by atoms with Crippen LogP contribution in [0.3, 0.4) is 0 Å². The molecule has 1 amide bonds. The van der Waals surface area contributed by atoms with Gasteiger partial charge >= 0.3 is 6.09 Å². The standard InChI is InChI=1S/C12H20ClNO3/c1-11(2,3)17-10(16)14-6-4-12(8-13,9-15)5-7-14/h9H,4-8H2,1-3H3. The molecular weight excluding hydrogens is 242 g/mol. The molecule has 4 nitrogen and oxygen atoms in total. The van der Waals surface area contributed by atoms with E-state index in [0.717, 1.165) is 6.29 Å². The quantitative estimate of drug-likeness (QED) is 0.567. The van der Waals surface area contributed by atoms with E-state index in [1.165, 1.54) is 0 Å².